The molecule has 20 heteroatoms. The number of hydrogen-bond donors (Lipinski definition) is 0. The van der Waals surface area contributed by atoms with Gasteiger partial charge in [-0.05, 0) is 99.0 Å². The highest BCUT2D eigenvalue weighted by molar-refractivity contribution is 9.10. The number of methoxy groups -OCH3 is 2. The molecule has 0 aromatic carbocycles. The first-order chi connectivity index (χ1) is 22.7. The maximum absolute atomic E-state index is 11.0. The number of nitro groups is 2. The molecule has 274 valence electrons. The standard InChI is InChI=1S/C12H24B2O4.C12H17BN2O5.C6H5BrN2O3/c1-9(2)10(3,4)16-13(15-9)14-17-11(5,6)12(7,8)18-14;1-11(2)12(3,4)20-13(19-11)8-6-9(15(16)17)10(18-5)14-7-8;1-12-6-5(9(10)11)2-4(7)3-8-6/h1-8H3;6-7H,1-5H3;2-3H,1H3. The van der Waals surface area contributed by atoms with Gasteiger partial charge in [0.1, 0.15) is 0 Å². The Morgan fingerprint density at radius 1 is 0.600 bits per heavy atom. The fraction of sp³-hybridized carbons (Fsp3) is 0.667. The third-order valence-electron chi connectivity index (χ3n) is 9.72. The summed E-state index contributed by atoms with van der Waals surface area (Å²) in [6, 6.07) is 2.71. The van der Waals surface area contributed by atoms with Gasteiger partial charge in [-0.15, -0.1) is 0 Å². The van der Waals surface area contributed by atoms with Crippen molar-refractivity contribution in [1.82, 2.24) is 9.97 Å². The predicted octanol–water partition coefficient (Wildman–Crippen LogP) is 5.31. The van der Waals surface area contributed by atoms with E-state index in [0.29, 0.717) is 9.94 Å². The SMILES string of the molecule is CC1(C)OB(B2OC(C)(C)C(C)(C)O2)OC1(C)C.COc1ncc(B2OC(C)(C)C(C)(C)O2)cc1[N+](=O)[O-].COc1ncc(Br)cc1[N+](=O)[O-]. The Bertz CT molecular complexity index is 1500. The highest BCUT2D eigenvalue weighted by Crippen LogP contribution is 2.43. The van der Waals surface area contributed by atoms with Crippen molar-refractivity contribution < 1.29 is 47.2 Å². The largest absolute Gasteiger partial charge is 0.496 e. The number of ether oxygens (including phenoxy) is 2. The molecule has 0 amide bonds. The zero-order valence-electron chi connectivity index (χ0n) is 31.1. The summed E-state index contributed by atoms with van der Waals surface area (Å²) in [4.78, 5) is 28.0. The first kappa shape index (κ1) is 41.6. The highest BCUT2D eigenvalue weighted by Gasteiger charge is 2.63. The molecule has 5 heterocycles. The van der Waals surface area contributed by atoms with Crippen LogP contribution in [0.5, 0.6) is 11.8 Å². The molecule has 0 bridgehead atoms. The molecule has 0 radical (unpaired) electrons. The molecule has 5 rings (SSSR count). The van der Waals surface area contributed by atoms with Gasteiger partial charge in [-0.25, -0.2) is 9.97 Å². The van der Waals surface area contributed by atoms with Crippen molar-refractivity contribution >= 4 is 53.9 Å². The van der Waals surface area contributed by atoms with E-state index in [1.807, 2.05) is 83.1 Å². The molecule has 0 saturated carbocycles. The zero-order chi connectivity index (χ0) is 38.3. The molecule has 0 aliphatic carbocycles. The number of hydrogen-bond acceptors (Lipinski definition) is 14. The monoisotopic (exact) mass is 766 g/mol. The second kappa shape index (κ2) is 14.6. The van der Waals surface area contributed by atoms with Gasteiger partial charge in [-0.1, -0.05) is 0 Å². The van der Waals surface area contributed by atoms with E-state index in [2.05, 4.69) is 30.6 Å². The smallest absolute Gasteiger partial charge is 0.476 e. The molecular weight excluding hydrogens is 721 g/mol. The van der Waals surface area contributed by atoms with Crippen LogP contribution in [0, 0.1) is 20.2 Å². The van der Waals surface area contributed by atoms with Gasteiger partial charge in [-0.3, -0.25) is 20.2 Å². The number of halogens is 1. The summed E-state index contributed by atoms with van der Waals surface area (Å²) >= 11 is 3.07. The van der Waals surface area contributed by atoms with Gasteiger partial charge in [0.2, 0.25) is 0 Å². The van der Waals surface area contributed by atoms with E-state index >= 15 is 0 Å². The normalized spacial score (nSPS) is 21.8. The van der Waals surface area contributed by atoms with E-state index < -0.39 is 42.2 Å². The first-order valence-electron chi connectivity index (χ1n) is 15.8. The number of rotatable bonds is 6. The molecule has 2 aromatic rings. The maximum atomic E-state index is 11.0. The van der Waals surface area contributed by atoms with Crippen molar-refractivity contribution in [3.8, 4) is 11.8 Å². The van der Waals surface area contributed by atoms with Crippen LogP contribution in [0.1, 0.15) is 83.1 Å². The van der Waals surface area contributed by atoms with E-state index in [-0.39, 0.29) is 45.5 Å². The van der Waals surface area contributed by atoms with Crippen LogP contribution in [-0.4, -0.2) is 88.8 Å². The number of nitrogens with zero attached hydrogens (tertiary/aromatic N) is 4. The van der Waals surface area contributed by atoms with Crippen LogP contribution in [0.4, 0.5) is 11.4 Å². The van der Waals surface area contributed by atoms with Crippen LogP contribution in [0.2, 0.25) is 0 Å². The summed E-state index contributed by atoms with van der Waals surface area (Å²) in [6.45, 7) is 23.9. The third kappa shape index (κ3) is 8.77. The van der Waals surface area contributed by atoms with E-state index in [4.69, 9.17) is 32.7 Å². The average Bonchev–Trinajstić information content (AvgIpc) is 3.46. The van der Waals surface area contributed by atoms with Gasteiger partial charge in [0.15, 0.2) is 0 Å². The Hall–Kier alpha value is -2.87. The van der Waals surface area contributed by atoms with Crippen molar-refractivity contribution in [3.63, 3.8) is 0 Å². The summed E-state index contributed by atoms with van der Waals surface area (Å²) in [5.74, 6) is -0.0153. The number of pyridine rings is 2. The van der Waals surface area contributed by atoms with Gasteiger partial charge in [-0.2, -0.15) is 0 Å². The molecule has 3 saturated heterocycles. The fourth-order valence-corrected chi connectivity index (χ4v) is 4.88. The Morgan fingerprint density at radius 3 is 1.26 bits per heavy atom. The molecule has 50 heavy (non-hydrogen) atoms. The van der Waals surface area contributed by atoms with Gasteiger partial charge >= 0.3 is 32.5 Å². The lowest BCUT2D eigenvalue weighted by Gasteiger charge is -2.32. The molecule has 3 fully saturated rings. The lowest BCUT2D eigenvalue weighted by Crippen LogP contribution is -2.41. The van der Waals surface area contributed by atoms with Gasteiger partial charge in [0, 0.05) is 34.5 Å². The molecule has 16 nitrogen and oxygen atoms in total. The van der Waals surface area contributed by atoms with E-state index in [9.17, 15) is 20.2 Å². The average molecular weight is 767 g/mol. The molecule has 2 aromatic heterocycles. The van der Waals surface area contributed by atoms with E-state index in [1.54, 1.807) is 0 Å². The minimum absolute atomic E-state index is 0.0169. The highest BCUT2D eigenvalue weighted by atomic mass is 79.9. The summed E-state index contributed by atoms with van der Waals surface area (Å²) in [5, 5.41) is 21.4. The Labute approximate surface area is 302 Å². The quantitative estimate of drug-likeness (QED) is 0.209. The van der Waals surface area contributed by atoms with Gasteiger partial charge in [0.05, 0.1) is 57.7 Å². The summed E-state index contributed by atoms with van der Waals surface area (Å²) in [7, 11) is 1.04. The fourth-order valence-electron chi connectivity index (χ4n) is 4.56. The van der Waals surface area contributed by atoms with E-state index in [1.165, 1.54) is 38.7 Å². The first-order valence-corrected chi connectivity index (χ1v) is 16.6. The lowest BCUT2D eigenvalue weighted by atomic mass is 9.49. The molecule has 0 atom stereocenters. The Morgan fingerprint density at radius 2 is 0.920 bits per heavy atom. The molecule has 0 spiro atoms. The van der Waals surface area contributed by atoms with Crippen LogP contribution in [0.25, 0.3) is 0 Å². The molecular formula is C30H46B3BrN4O12. The number of aromatic nitrogens is 2. The zero-order valence-corrected chi connectivity index (χ0v) is 32.7. The van der Waals surface area contributed by atoms with E-state index in [0.717, 1.165) is 0 Å². The summed E-state index contributed by atoms with van der Waals surface area (Å²) in [6.07, 6.45) is 2.90. The minimum atomic E-state index is -0.683. The van der Waals surface area contributed by atoms with Crippen LogP contribution >= 0.6 is 15.9 Å². The Kier molecular flexibility index (Phi) is 12.2. The van der Waals surface area contributed by atoms with Gasteiger partial charge < -0.3 is 37.4 Å². The van der Waals surface area contributed by atoms with Crippen LogP contribution in [-0.2, 0) is 27.9 Å². The van der Waals surface area contributed by atoms with Crippen LogP contribution in [0.3, 0.4) is 0 Å². The van der Waals surface area contributed by atoms with Crippen LogP contribution in [0.15, 0.2) is 29.0 Å². The van der Waals surface area contributed by atoms with Crippen molar-refractivity contribution in [3.05, 3.63) is 49.2 Å². The molecule has 3 aliphatic rings. The van der Waals surface area contributed by atoms with Crippen molar-refractivity contribution in [2.45, 2.75) is 117 Å². The van der Waals surface area contributed by atoms with Crippen LogP contribution < -0.4 is 14.9 Å². The molecule has 3 aliphatic heterocycles. The summed E-state index contributed by atoms with van der Waals surface area (Å²) < 4.78 is 45.6. The van der Waals surface area contributed by atoms with Crippen molar-refractivity contribution in [2.75, 3.05) is 14.2 Å². The third-order valence-corrected chi connectivity index (χ3v) is 10.2. The van der Waals surface area contributed by atoms with Crippen molar-refractivity contribution in [2.24, 2.45) is 0 Å². The van der Waals surface area contributed by atoms with Crippen molar-refractivity contribution in [1.29, 1.82) is 0 Å². The van der Waals surface area contributed by atoms with Gasteiger partial charge in [0.25, 0.3) is 11.8 Å². The lowest BCUT2D eigenvalue weighted by molar-refractivity contribution is -0.386. The molecule has 0 unspecified atom stereocenters. The minimum Gasteiger partial charge on any atom is -0.476 e. The molecule has 0 N–H and O–H groups in total. The second-order valence-corrected chi connectivity index (χ2v) is 15.7. The summed E-state index contributed by atoms with van der Waals surface area (Å²) in [5.41, 5.74) is -2.31. The predicted molar refractivity (Wildman–Crippen MR) is 190 cm³/mol. The Balaban J connectivity index is 0.000000209. The second-order valence-electron chi connectivity index (χ2n) is 14.8. The maximum Gasteiger partial charge on any atom is 0.496 e. The topological polar surface area (TPSA) is 186 Å².